The second-order valence-corrected chi connectivity index (χ2v) is 3.33. The predicted molar refractivity (Wildman–Crippen MR) is 54.3 cm³/mol. The number of amides is 1. The third-order valence-electron chi connectivity index (χ3n) is 2.22. The van der Waals surface area contributed by atoms with Crippen molar-refractivity contribution < 1.29 is 13.9 Å². The predicted octanol–water partition coefficient (Wildman–Crippen LogP) is 1.20. The van der Waals surface area contributed by atoms with Crippen molar-refractivity contribution in [1.82, 2.24) is 0 Å². The van der Waals surface area contributed by atoms with E-state index in [2.05, 4.69) is 10.6 Å². The van der Waals surface area contributed by atoms with E-state index in [1.165, 1.54) is 25.3 Å². The highest BCUT2D eigenvalue weighted by atomic mass is 19.1. The van der Waals surface area contributed by atoms with Crippen molar-refractivity contribution in [2.45, 2.75) is 6.04 Å². The van der Waals surface area contributed by atoms with Crippen molar-refractivity contribution in [2.75, 3.05) is 24.4 Å². The summed E-state index contributed by atoms with van der Waals surface area (Å²) in [6, 6.07) is 3.71. The van der Waals surface area contributed by atoms with Crippen LogP contribution in [0.25, 0.3) is 0 Å². The number of halogens is 1. The lowest BCUT2D eigenvalue weighted by Crippen LogP contribution is -2.41. The summed E-state index contributed by atoms with van der Waals surface area (Å²) in [5, 5.41) is 5.59. The summed E-state index contributed by atoms with van der Waals surface area (Å²) >= 11 is 0. The summed E-state index contributed by atoms with van der Waals surface area (Å²) in [5.74, 6) is -0.510. The summed E-state index contributed by atoms with van der Waals surface area (Å²) in [6.07, 6.45) is 0. The van der Waals surface area contributed by atoms with E-state index in [0.29, 0.717) is 11.4 Å². The molecule has 0 spiro atoms. The van der Waals surface area contributed by atoms with Gasteiger partial charge in [0.2, 0.25) is 5.91 Å². The fraction of sp³-hybridized carbons (Fsp3) is 0.300. The number of ether oxygens (including phenoxy) is 1. The van der Waals surface area contributed by atoms with Crippen LogP contribution in [0.15, 0.2) is 18.2 Å². The molecule has 0 radical (unpaired) electrons. The maximum Gasteiger partial charge on any atom is 0.249 e. The Hall–Kier alpha value is -1.62. The van der Waals surface area contributed by atoms with Gasteiger partial charge in [-0.3, -0.25) is 4.79 Å². The first kappa shape index (κ1) is 9.92. The molecule has 2 rings (SSSR count). The molecule has 1 amide bonds. The Kier molecular flexibility index (Phi) is 2.55. The third kappa shape index (κ3) is 1.92. The first-order valence-corrected chi connectivity index (χ1v) is 4.56. The Balaban J connectivity index is 2.26. The highest BCUT2D eigenvalue weighted by molar-refractivity contribution is 6.02. The molecule has 1 unspecified atom stereocenters. The molecule has 0 aliphatic carbocycles. The van der Waals surface area contributed by atoms with Gasteiger partial charge in [0.15, 0.2) is 0 Å². The smallest absolute Gasteiger partial charge is 0.249 e. The van der Waals surface area contributed by atoms with E-state index in [1.807, 2.05) is 0 Å². The molecule has 0 bridgehead atoms. The van der Waals surface area contributed by atoms with E-state index < -0.39 is 6.04 Å². The SMILES string of the molecule is COCC1Nc2cc(F)ccc2NC1=O. The number of carbonyl (C=O) groups is 1. The Bertz CT molecular complexity index is 395. The molecule has 1 aliphatic heterocycles. The van der Waals surface area contributed by atoms with E-state index >= 15 is 0 Å². The second kappa shape index (κ2) is 3.86. The van der Waals surface area contributed by atoms with Gasteiger partial charge >= 0.3 is 0 Å². The zero-order valence-corrected chi connectivity index (χ0v) is 8.21. The third-order valence-corrected chi connectivity index (χ3v) is 2.22. The zero-order chi connectivity index (χ0) is 10.8. The number of hydrogen-bond acceptors (Lipinski definition) is 3. The van der Waals surface area contributed by atoms with Gasteiger partial charge in [0.1, 0.15) is 11.9 Å². The van der Waals surface area contributed by atoms with Crippen LogP contribution in [0.3, 0.4) is 0 Å². The Morgan fingerprint density at radius 3 is 3.00 bits per heavy atom. The number of anilines is 2. The Morgan fingerprint density at radius 2 is 2.27 bits per heavy atom. The van der Waals surface area contributed by atoms with Gasteiger partial charge in [-0.1, -0.05) is 0 Å². The fourth-order valence-corrected chi connectivity index (χ4v) is 1.50. The minimum atomic E-state index is -0.468. The van der Waals surface area contributed by atoms with Crippen LogP contribution in [0.5, 0.6) is 0 Å². The van der Waals surface area contributed by atoms with E-state index in [0.717, 1.165) is 0 Å². The number of carbonyl (C=O) groups excluding carboxylic acids is 1. The lowest BCUT2D eigenvalue weighted by atomic mass is 10.1. The minimum Gasteiger partial charge on any atom is -0.382 e. The van der Waals surface area contributed by atoms with Crippen LogP contribution >= 0.6 is 0 Å². The van der Waals surface area contributed by atoms with Gasteiger partial charge in [0.05, 0.1) is 18.0 Å². The largest absolute Gasteiger partial charge is 0.382 e. The van der Waals surface area contributed by atoms with Crippen LogP contribution in [-0.2, 0) is 9.53 Å². The first-order valence-electron chi connectivity index (χ1n) is 4.56. The molecule has 15 heavy (non-hydrogen) atoms. The molecule has 5 heteroatoms. The highest BCUT2D eigenvalue weighted by Crippen LogP contribution is 2.27. The molecule has 1 aromatic carbocycles. The van der Waals surface area contributed by atoms with E-state index in [9.17, 15) is 9.18 Å². The van der Waals surface area contributed by atoms with Gasteiger partial charge in [-0.15, -0.1) is 0 Å². The molecule has 0 saturated carbocycles. The summed E-state index contributed by atoms with van der Waals surface area (Å²) in [6.45, 7) is 0.252. The average Bonchev–Trinajstić information content (AvgIpc) is 2.20. The molecule has 0 fully saturated rings. The quantitative estimate of drug-likeness (QED) is 0.771. The van der Waals surface area contributed by atoms with E-state index in [4.69, 9.17) is 4.74 Å². The number of methoxy groups -OCH3 is 1. The van der Waals surface area contributed by atoms with Crippen LogP contribution in [0.4, 0.5) is 15.8 Å². The molecule has 80 valence electrons. The summed E-state index contributed by atoms with van der Waals surface area (Å²) < 4.78 is 17.8. The highest BCUT2D eigenvalue weighted by Gasteiger charge is 2.25. The molecule has 1 heterocycles. The maximum atomic E-state index is 12.9. The van der Waals surface area contributed by atoms with E-state index in [1.54, 1.807) is 0 Å². The van der Waals surface area contributed by atoms with Gasteiger partial charge in [-0.2, -0.15) is 0 Å². The van der Waals surface area contributed by atoms with Crippen molar-refractivity contribution in [2.24, 2.45) is 0 Å². The summed E-state index contributed by atoms with van der Waals surface area (Å²) in [4.78, 5) is 11.5. The van der Waals surface area contributed by atoms with Crippen LogP contribution < -0.4 is 10.6 Å². The van der Waals surface area contributed by atoms with Gasteiger partial charge in [0.25, 0.3) is 0 Å². The van der Waals surface area contributed by atoms with Gasteiger partial charge in [-0.25, -0.2) is 4.39 Å². The van der Waals surface area contributed by atoms with Crippen LogP contribution in [0.2, 0.25) is 0 Å². The molecule has 1 aromatic rings. The van der Waals surface area contributed by atoms with Gasteiger partial charge in [-0.05, 0) is 18.2 Å². The molecule has 0 saturated heterocycles. The second-order valence-electron chi connectivity index (χ2n) is 3.33. The average molecular weight is 210 g/mol. The molecule has 1 atom stereocenters. The van der Waals surface area contributed by atoms with Crippen LogP contribution in [-0.4, -0.2) is 25.7 Å². The lowest BCUT2D eigenvalue weighted by molar-refractivity contribution is -0.118. The number of benzene rings is 1. The normalized spacial score (nSPS) is 19.1. The first-order chi connectivity index (χ1) is 7.20. The molecular weight excluding hydrogens is 199 g/mol. The Labute approximate surface area is 86.4 Å². The number of hydrogen-bond donors (Lipinski definition) is 2. The standard InChI is InChI=1S/C10H11FN2O2/c1-15-5-9-10(14)13-7-3-2-6(11)4-8(7)12-9/h2-4,9,12H,5H2,1H3,(H,13,14). The number of fused-ring (bicyclic) bond motifs is 1. The molecule has 0 aromatic heterocycles. The number of rotatable bonds is 2. The van der Waals surface area contributed by atoms with Crippen molar-refractivity contribution >= 4 is 17.3 Å². The van der Waals surface area contributed by atoms with Crippen molar-refractivity contribution in [3.63, 3.8) is 0 Å². The monoisotopic (exact) mass is 210 g/mol. The van der Waals surface area contributed by atoms with E-state index in [-0.39, 0.29) is 18.3 Å². The summed E-state index contributed by atoms with van der Waals surface area (Å²) in [7, 11) is 1.51. The lowest BCUT2D eigenvalue weighted by Gasteiger charge is -2.26. The molecule has 2 N–H and O–H groups in total. The van der Waals surface area contributed by atoms with Crippen LogP contribution in [0.1, 0.15) is 0 Å². The molecule has 1 aliphatic rings. The maximum absolute atomic E-state index is 12.9. The molecule has 4 nitrogen and oxygen atoms in total. The minimum absolute atomic E-state index is 0.170. The number of nitrogens with one attached hydrogen (secondary N) is 2. The Morgan fingerprint density at radius 1 is 1.47 bits per heavy atom. The van der Waals surface area contributed by atoms with Crippen molar-refractivity contribution in [3.05, 3.63) is 24.0 Å². The topological polar surface area (TPSA) is 50.4 Å². The van der Waals surface area contributed by atoms with Crippen molar-refractivity contribution in [3.8, 4) is 0 Å². The van der Waals surface area contributed by atoms with Crippen LogP contribution in [0, 0.1) is 5.82 Å². The molecular formula is C10H11FN2O2. The van der Waals surface area contributed by atoms with Gasteiger partial charge in [0, 0.05) is 7.11 Å². The van der Waals surface area contributed by atoms with Crippen molar-refractivity contribution in [1.29, 1.82) is 0 Å². The zero-order valence-electron chi connectivity index (χ0n) is 8.21. The summed E-state index contributed by atoms with van der Waals surface area (Å²) in [5.41, 5.74) is 1.17. The van der Waals surface area contributed by atoms with Gasteiger partial charge < -0.3 is 15.4 Å². The fourth-order valence-electron chi connectivity index (χ4n) is 1.50.